The van der Waals surface area contributed by atoms with E-state index in [9.17, 15) is 9.90 Å². The van der Waals surface area contributed by atoms with E-state index in [2.05, 4.69) is 26.8 Å². The maximum Gasteiger partial charge on any atom is 0.155 e. The van der Waals surface area contributed by atoms with Crippen molar-refractivity contribution >= 4 is 5.78 Å². The van der Waals surface area contributed by atoms with Gasteiger partial charge in [-0.3, -0.25) is 4.79 Å². The molecular formula is C21H32O2. The molecular weight excluding hydrogens is 284 g/mol. The number of ketones is 1. The molecule has 0 aliphatic heterocycles. The van der Waals surface area contributed by atoms with E-state index in [0.717, 1.165) is 31.6 Å². The predicted octanol–water partition coefficient (Wildman–Crippen LogP) is 4.52. The molecule has 4 aliphatic rings. The fraction of sp³-hybridized carbons (Fsp3) is 0.857. The van der Waals surface area contributed by atoms with Gasteiger partial charge in [0.1, 0.15) is 0 Å². The molecule has 0 aromatic carbocycles. The van der Waals surface area contributed by atoms with Crippen molar-refractivity contribution in [3.05, 3.63) is 12.2 Å². The highest BCUT2D eigenvalue weighted by atomic mass is 16.3. The first kappa shape index (κ1) is 15.9. The van der Waals surface area contributed by atoms with Crippen LogP contribution in [-0.2, 0) is 4.79 Å². The van der Waals surface area contributed by atoms with E-state index in [-0.39, 0.29) is 10.8 Å². The van der Waals surface area contributed by atoms with Gasteiger partial charge in [0.2, 0.25) is 0 Å². The highest BCUT2D eigenvalue weighted by molar-refractivity contribution is 5.91. The van der Waals surface area contributed by atoms with Gasteiger partial charge in [0.25, 0.3) is 0 Å². The van der Waals surface area contributed by atoms with E-state index in [1.807, 2.05) is 6.08 Å². The van der Waals surface area contributed by atoms with Crippen LogP contribution in [0.25, 0.3) is 0 Å². The number of hydrogen-bond donors (Lipinski definition) is 1. The Labute approximate surface area is 140 Å². The van der Waals surface area contributed by atoms with Gasteiger partial charge in [-0.05, 0) is 85.5 Å². The van der Waals surface area contributed by atoms with Gasteiger partial charge in [0.15, 0.2) is 5.78 Å². The monoisotopic (exact) mass is 316 g/mol. The summed E-state index contributed by atoms with van der Waals surface area (Å²) < 4.78 is 0. The second kappa shape index (κ2) is 4.94. The number of aliphatic hydroxyl groups is 1. The number of fused-ring (bicyclic) bond motifs is 5. The van der Waals surface area contributed by atoms with Gasteiger partial charge in [-0.1, -0.05) is 26.8 Å². The molecule has 7 atom stereocenters. The smallest absolute Gasteiger partial charge is 0.155 e. The Morgan fingerprint density at radius 3 is 2.61 bits per heavy atom. The summed E-state index contributed by atoms with van der Waals surface area (Å²) in [5, 5.41) is 11.2. The second-order valence-corrected chi connectivity index (χ2v) is 9.40. The molecule has 0 heterocycles. The molecule has 23 heavy (non-hydrogen) atoms. The lowest BCUT2D eigenvalue weighted by molar-refractivity contribution is -0.141. The zero-order chi connectivity index (χ0) is 16.5. The van der Waals surface area contributed by atoms with Gasteiger partial charge < -0.3 is 5.11 Å². The summed E-state index contributed by atoms with van der Waals surface area (Å²) in [6.45, 7) is 6.95. The standard InChI is InChI=1S/C21H32O2/c1-4-21(23)12-9-18-16-6-5-14-13-15(22)7-10-19(14,2)17(16)8-11-20(18,21)3/h7,10,14,16-18,23H,4-6,8-9,11-13H2,1-3H3/t14-,16+,17-,18-,19-,20-,21+/m0/s1. The van der Waals surface area contributed by atoms with Gasteiger partial charge in [-0.25, -0.2) is 0 Å². The molecule has 3 fully saturated rings. The Kier molecular flexibility index (Phi) is 3.41. The molecule has 0 radical (unpaired) electrons. The molecule has 3 saturated carbocycles. The quantitative estimate of drug-likeness (QED) is 0.772. The SMILES string of the molecule is CC[C@@]1(O)CC[C@H]2[C@@H]3CC[C@H]4CC(=O)C=C[C@]4(C)[C@H]3CC[C@@]21C. The first-order chi connectivity index (χ1) is 10.8. The summed E-state index contributed by atoms with van der Waals surface area (Å²) in [7, 11) is 0. The fourth-order valence-corrected chi connectivity index (χ4v) is 7.33. The van der Waals surface area contributed by atoms with E-state index in [4.69, 9.17) is 0 Å². The van der Waals surface area contributed by atoms with E-state index >= 15 is 0 Å². The normalized spacial score (nSPS) is 55.2. The first-order valence-corrected chi connectivity index (χ1v) is 9.78. The van der Waals surface area contributed by atoms with Crippen LogP contribution in [0.15, 0.2) is 12.2 Å². The third-order valence-electron chi connectivity index (χ3n) is 8.95. The van der Waals surface area contributed by atoms with E-state index in [1.54, 1.807) is 0 Å². The largest absolute Gasteiger partial charge is 0.389 e. The maximum atomic E-state index is 11.9. The van der Waals surface area contributed by atoms with Crippen LogP contribution < -0.4 is 0 Å². The summed E-state index contributed by atoms with van der Waals surface area (Å²) >= 11 is 0. The summed E-state index contributed by atoms with van der Waals surface area (Å²) in [5.41, 5.74) is -0.121. The molecule has 128 valence electrons. The predicted molar refractivity (Wildman–Crippen MR) is 91.9 cm³/mol. The summed E-state index contributed by atoms with van der Waals surface area (Å²) in [5.74, 6) is 3.01. The number of allylic oxidation sites excluding steroid dienone is 2. The van der Waals surface area contributed by atoms with Crippen LogP contribution in [0, 0.1) is 34.5 Å². The molecule has 2 heteroatoms. The molecule has 1 N–H and O–H groups in total. The lowest BCUT2D eigenvalue weighted by Crippen LogP contribution is -2.55. The minimum Gasteiger partial charge on any atom is -0.389 e. The van der Waals surface area contributed by atoms with Gasteiger partial charge >= 0.3 is 0 Å². The van der Waals surface area contributed by atoms with Crippen molar-refractivity contribution in [3.8, 4) is 0 Å². The number of carbonyl (C=O) groups excluding carboxylic acids is 1. The molecule has 0 amide bonds. The van der Waals surface area contributed by atoms with Crippen molar-refractivity contribution in [2.45, 2.75) is 77.7 Å². The average molecular weight is 316 g/mol. The van der Waals surface area contributed by atoms with Crippen molar-refractivity contribution in [3.63, 3.8) is 0 Å². The van der Waals surface area contributed by atoms with Crippen LogP contribution in [0.3, 0.4) is 0 Å². The van der Waals surface area contributed by atoms with Crippen molar-refractivity contribution in [1.82, 2.24) is 0 Å². The van der Waals surface area contributed by atoms with Gasteiger partial charge in [-0.2, -0.15) is 0 Å². The highest BCUT2D eigenvalue weighted by Crippen LogP contribution is 2.67. The van der Waals surface area contributed by atoms with Crippen molar-refractivity contribution in [2.24, 2.45) is 34.5 Å². The topological polar surface area (TPSA) is 37.3 Å². The van der Waals surface area contributed by atoms with Gasteiger partial charge in [0, 0.05) is 6.42 Å². The molecule has 0 aromatic heterocycles. The average Bonchev–Trinajstić information content (AvgIpc) is 2.80. The summed E-state index contributed by atoms with van der Waals surface area (Å²) in [4.78, 5) is 11.9. The third kappa shape index (κ3) is 1.94. The molecule has 0 unspecified atom stereocenters. The number of carbonyl (C=O) groups is 1. The maximum absolute atomic E-state index is 11.9. The Hall–Kier alpha value is -0.630. The van der Waals surface area contributed by atoms with Crippen LogP contribution in [0.1, 0.15) is 72.1 Å². The lowest BCUT2D eigenvalue weighted by Gasteiger charge is -2.59. The van der Waals surface area contributed by atoms with Crippen LogP contribution in [-0.4, -0.2) is 16.5 Å². The summed E-state index contributed by atoms with van der Waals surface area (Å²) in [6.07, 6.45) is 12.8. The highest BCUT2D eigenvalue weighted by Gasteiger charge is 2.63. The van der Waals surface area contributed by atoms with Gasteiger partial charge in [-0.15, -0.1) is 0 Å². The van der Waals surface area contributed by atoms with Crippen LogP contribution >= 0.6 is 0 Å². The number of rotatable bonds is 1. The third-order valence-corrected chi connectivity index (χ3v) is 8.95. The minimum atomic E-state index is -0.446. The molecule has 0 spiro atoms. The zero-order valence-corrected chi connectivity index (χ0v) is 15.0. The second-order valence-electron chi connectivity index (χ2n) is 9.40. The molecule has 4 aliphatic carbocycles. The van der Waals surface area contributed by atoms with E-state index in [1.165, 1.54) is 25.7 Å². The van der Waals surface area contributed by atoms with Crippen molar-refractivity contribution < 1.29 is 9.90 Å². The van der Waals surface area contributed by atoms with Crippen LogP contribution in [0.2, 0.25) is 0 Å². The van der Waals surface area contributed by atoms with Crippen molar-refractivity contribution in [2.75, 3.05) is 0 Å². The molecule has 0 bridgehead atoms. The van der Waals surface area contributed by atoms with E-state index in [0.29, 0.717) is 23.5 Å². The van der Waals surface area contributed by atoms with Crippen molar-refractivity contribution in [1.29, 1.82) is 0 Å². The van der Waals surface area contributed by atoms with Crippen LogP contribution in [0.4, 0.5) is 0 Å². The Bertz CT molecular complexity index is 552. The lowest BCUT2D eigenvalue weighted by atomic mass is 9.45. The number of hydrogen-bond acceptors (Lipinski definition) is 2. The Balaban J connectivity index is 1.68. The zero-order valence-electron chi connectivity index (χ0n) is 15.0. The Morgan fingerprint density at radius 1 is 1.13 bits per heavy atom. The van der Waals surface area contributed by atoms with E-state index < -0.39 is 5.60 Å². The molecule has 0 saturated heterocycles. The minimum absolute atomic E-state index is 0.111. The first-order valence-electron chi connectivity index (χ1n) is 9.78. The molecule has 4 rings (SSSR count). The molecule has 2 nitrogen and oxygen atoms in total. The van der Waals surface area contributed by atoms with Crippen LogP contribution in [0.5, 0.6) is 0 Å². The Morgan fingerprint density at radius 2 is 1.87 bits per heavy atom. The fourth-order valence-electron chi connectivity index (χ4n) is 7.33. The summed E-state index contributed by atoms with van der Waals surface area (Å²) in [6, 6.07) is 0. The molecule has 0 aromatic rings. The van der Waals surface area contributed by atoms with Gasteiger partial charge in [0.05, 0.1) is 5.60 Å².